The number of piperazine rings is 1. The number of anilines is 1. The van der Waals surface area contributed by atoms with Gasteiger partial charge >= 0.3 is 0 Å². The fourth-order valence-electron chi connectivity index (χ4n) is 2.51. The first kappa shape index (κ1) is 15.0. The number of aryl methyl sites for hydroxylation is 1. The van der Waals surface area contributed by atoms with Gasteiger partial charge in [0.2, 0.25) is 0 Å². The highest BCUT2D eigenvalue weighted by atomic mass is 35.5. The Bertz CT molecular complexity index is 475. The van der Waals surface area contributed by atoms with Gasteiger partial charge in [0.15, 0.2) is 0 Å². The van der Waals surface area contributed by atoms with E-state index in [1.807, 2.05) is 19.1 Å². The molecule has 0 bridgehead atoms. The van der Waals surface area contributed by atoms with Gasteiger partial charge in [0.25, 0.3) is 0 Å². The van der Waals surface area contributed by atoms with Gasteiger partial charge in [-0.1, -0.05) is 30.1 Å². The monoisotopic (exact) mass is 300 g/mol. The third-order valence-electron chi connectivity index (χ3n) is 4.19. The second kappa shape index (κ2) is 5.51. The van der Waals surface area contributed by atoms with Crippen LogP contribution < -0.4 is 10.2 Å². The Hall–Kier alpha value is -0.440. The second-order valence-corrected chi connectivity index (χ2v) is 6.64. The number of nitrogens with one attached hydrogen (secondary N) is 1. The second-order valence-electron chi connectivity index (χ2n) is 5.82. The average molecular weight is 301 g/mol. The zero-order chi connectivity index (χ0) is 14.2. The lowest BCUT2D eigenvalue weighted by Gasteiger charge is -2.46. The maximum Gasteiger partial charge on any atom is 0.0643 e. The van der Waals surface area contributed by atoms with Gasteiger partial charge in [-0.15, -0.1) is 0 Å². The van der Waals surface area contributed by atoms with Crippen molar-refractivity contribution in [2.45, 2.75) is 45.7 Å². The summed E-state index contributed by atoms with van der Waals surface area (Å²) in [5.74, 6) is 0. The number of hydrogen-bond acceptors (Lipinski definition) is 2. The first-order valence-electron chi connectivity index (χ1n) is 6.83. The van der Waals surface area contributed by atoms with Crippen LogP contribution in [0.3, 0.4) is 0 Å². The molecule has 1 aromatic rings. The van der Waals surface area contributed by atoms with Gasteiger partial charge in [-0.3, -0.25) is 0 Å². The molecule has 1 aliphatic rings. The minimum Gasteiger partial charge on any atom is -0.364 e. The normalized spacial score (nSPS) is 27.7. The predicted octanol–water partition coefficient (Wildman–Crippen LogP) is 4.27. The number of halogens is 2. The van der Waals surface area contributed by atoms with Crippen molar-refractivity contribution in [3.8, 4) is 0 Å². The molecule has 0 radical (unpaired) electrons. The fourth-order valence-corrected chi connectivity index (χ4v) is 2.99. The molecule has 1 fully saturated rings. The molecule has 0 aromatic heterocycles. The van der Waals surface area contributed by atoms with Crippen LogP contribution in [0.1, 0.15) is 32.8 Å². The Morgan fingerprint density at radius 2 is 2.05 bits per heavy atom. The summed E-state index contributed by atoms with van der Waals surface area (Å²) in [4.78, 5) is 2.37. The maximum atomic E-state index is 6.42. The summed E-state index contributed by atoms with van der Waals surface area (Å²) in [7, 11) is 0. The van der Waals surface area contributed by atoms with Gasteiger partial charge in [0.05, 0.1) is 10.7 Å². The molecule has 0 spiro atoms. The first-order chi connectivity index (χ1) is 8.86. The molecule has 1 aliphatic heterocycles. The SMILES string of the molecule is CCC1(C)CN(c2cc(Cl)c(C)cc2Cl)C(C)CN1. The predicted molar refractivity (Wildman–Crippen MR) is 84.7 cm³/mol. The molecule has 1 heterocycles. The van der Waals surface area contributed by atoms with Gasteiger partial charge < -0.3 is 10.2 Å². The van der Waals surface area contributed by atoms with Crippen LogP contribution in [0.15, 0.2) is 12.1 Å². The van der Waals surface area contributed by atoms with E-state index in [0.29, 0.717) is 6.04 Å². The van der Waals surface area contributed by atoms with Crippen molar-refractivity contribution in [2.75, 3.05) is 18.0 Å². The van der Waals surface area contributed by atoms with E-state index in [2.05, 4.69) is 31.0 Å². The van der Waals surface area contributed by atoms with Crippen molar-refractivity contribution in [1.82, 2.24) is 5.32 Å². The minimum absolute atomic E-state index is 0.132. The van der Waals surface area contributed by atoms with Gasteiger partial charge in [-0.2, -0.15) is 0 Å². The van der Waals surface area contributed by atoms with E-state index in [9.17, 15) is 0 Å². The van der Waals surface area contributed by atoms with Crippen LogP contribution in [-0.4, -0.2) is 24.7 Å². The highest BCUT2D eigenvalue weighted by molar-refractivity contribution is 6.35. The molecule has 2 nitrogen and oxygen atoms in total. The molecule has 19 heavy (non-hydrogen) atoms. The Balaban J connectivity index is 2.36. The van der Waals surface area contributed by atoms with Crippen LogP contribution in [0.4, 0.5) is 5.69 Å². The lowest BCUT2D eigenvalue weighted by molar-refractivity contribution is 0.285. The zero-order valence-corrected chi connectivity index (χ0v) is 13.6. The topological polar surface area (TPSA) is 15.3 Å². The Morgan fingerprint density at radius 1 is 1.37 bits per heavy atom. The van der Waals surface area contributed by atoms with Crippen LogP contribution in [0.2, 0.25) is 10.0 Å². The Labute approximate surface area is 126 Å². The van der Waals surface area contributed by atoms with E-state index >= 15 is 0 Å². The molecule has 106 valence electrons. The van der Waals surface area contributed by atoms with Crippen LogP contribution in [0.25, 0.3) is 0 Å². The van der Waals surface area contributed by atoms with E-state index < -0.39 is 0 Å². The van der Waals surface area contributed by atoms with Gasteiger partial charge in [0, 0.05) is 29.7 Å². The summed E-state index contributed by atoms with van der Waals surface area (Å²) >= 11 is 12.7. The molecule has 0 aliphatic carbocycles. The lowest BCUT2D eigenvalue weighted by Crippen LogP contribution is -2.62. The standard InChI is InChI=1S/C15H22Cl2N2/c1-5-15(4)9-19(11(3)8-18-15)14-7-12(16)10(2)6-13(14)17/h6-7,11,18H,5,8-9H2,1-4H3. The van der Waals surface area contributed by atoms with Crippen molar-refractivity contribution >= 4 is 28.9 Å². The molecule has 1 N–H and O–H groups in total. The highest BCUT2D eigenvalue weighted by Gasteiger charge is 2.33. The van der Waals surface area contributed by atoms with Crippen molar-refractivity contribution in [3.63, 3.8) is 0 Å². The van der Waals surface area contributed by atoms with Crippen molar-refractivity contribution < 1.29 is 0 Å². The molecule has 0 amide bonds. The largest absolute Gasteiger partial charge is 0.364 e. The average Bonchev–Trinajstić information content (AvgIpc) is 2.37. The molecule has 2 atom stereocenters. The summed E-state index contributed by atoms with van der Waals surface area (Å²) in [5.41, 5.74) is 2.20. The smallest absolute Gasteiger partial charge is 0.0643 e. The quantitative estimate of drug-likeness (QED) is 0.877. The number of benzene rings is 1. The summed E-state index contributed by atoms with van der Waals surface area (Å²) in [6, 6.07) is 4.37. The highest BCUT2D eigenvalue weighted by Crippen LogP contribution is 2.35. The van der Waals surface area contributed by atoms with Gasteiger partial charge in [-0.25, -0.2) is 0 Å². The van der Waals surface area contributed by atoms with E-state index in [4.69, 9.17) is 23.2 Å². The van der Waals surface area contributed by atoms with Crippen LogP contribution in [0.5, 0.6) is 0 Å². The molecule has 0 saturated carbocycles. The third kappa shape index (κ3) is 3.01. The molecule has 2 unspecified atom stereocenters. The number of rotatable bonds is 2. The van der Waals surface area contributed by atoms with E-state index in [1.54, 1.807) is 0 Å². The summed E-state index contributed by atoms with van der Waals surface area (Å²) in [6.45, 7) is 10.6. The zero-order valence-electron chi connectivity index (χ0n) is 12.1. The van der Waals surface area contributed by atoms with Gasteiger partial charge in [0.1, 0.15) is 0 Å². The lowest BCUT2D eigenvalue weighted by atomic mass is 9.93. The third-order valence-corrected chi connectivity index (χ3v) is 4.90. The Morgan fingerprint density at radius 3 is 2.68 bits per heavy atom. The van der Waals surface area contributed by atoms with E-state index in [-0.39, 0.29) is 5.54 Å². The van der Waals surface area contributed by atoms with Crippen LogP contribution in [-0.2, 0) is 0 Å². The van der Waals surface area contributed by atoms with Crippen LogP contribution >= 0.6 is 23.2 Å². The van der Waals surface area contributed by atoms with Crippen molar-refractivity contribution in [2.24, 2.45) is 0 Å². The summed E-state index contributed by atoms with van der Waals surface area (Å²) in [5, 5.41) is 5.19. The fraction of sp³-hybridized carbons (Fsp3) is 0.600. The molecule has 2 rings (SSSR count). The molecular weight excluding hydrogens is 279 g/mol. The molecule has 4 heteroatoms. The van der Waals surface area contributed by atoms with Crippen LogP contribution in [0, 0.1) is 6.92 Å². The summed E-state index contributed by atoms with van der Waals surface area (Å²) < 4.78 is 0. The van der Waals surface area contributed by atoms with Crippen molar-refractivity contribution in [1.29, 1.82) is 0 Å². The first-order valence-corrected chi connectivity index (χ1v) is 7.59. The summed E-state index contributed by atoms with van der Waals surface area (Å²) in [6.07, 6.45) is 1.09. The van der Waals surface area contributed by atoms with E-state index in [1.165, 1.54) is 0 Å². The molecule has 1 aromatic carbocycles. The maximum absolute atomic E-state index is 6.42. The Kier molecular flexibility index (Phi) is 4.34. The minimum atomic E-state index is 0.132. The van der Waals surface area contributed by atoms with E-state index in [0.717, 1.165) is 40.8 Å². The number of hydrogen-bond donors (Lipinski definition) is 1. The van der Waals surface area contributed by atoms with Gasteiger partial charge in [-0.05, 0) is 44.9 Å². The number of nitrogens with zero attached hydrogens (tertiary/aromatic N) is 1. The van der Waals surface area contributed by atoms with Crippen molar-refractivity contribution in [3.05, 3.63) is 27.7 Å². The molecule has 1 saturated heterocycles. The molecular formula is C15H22Cl2N2.